The maximum atomic E-state index is 12.6. The molecule has 146 valence electrons. The van der Waals surface area contributed by atoms with Gasteiger partial charge in [-0.2, -0.15) is 12.6 Å². The molecule has 2 fully saturated rings. The van der Waals surface area contributed by atoms with Crippen molar-refractivity contribution in [3.8, 4) is 0 Å². The zero-order valence-corrected chi connectivity index (χ0v) is 18.5. The first-order valence-corrected chi connectivity index (χ1v) is 10.7. The molecule has 0 N–H and O–H groups in total. The van der Waals surface area contributed by atoms with Crippen LogP contribution < -0.4 is 0 Å². The molecule has 0 bridgehead atoms. The van der Waals surface area contributed by atoms with E-state index < -0.39 is 19.3 Å². The van der Waals surface area contributed by atoms with Gasteiger partial charge in [-0.15, -0.1) is 23.5 Å². The summed E-state index contributed by atoms with van der Waals surface area (Å²) in [5, 5.41) is -0.918. The molecule has 2 heterocycles. The molecule has 4 amide bonds. The predicted molar refractivity (Wildman–Crippen MR) is 108 cm³/mol. The number of imide groups is 2. The van der Waals surface area contributed by atoms with Gasteiger partial charge >= 0.3 is 0 Å². The highest BCUT2D eigenvalue weighted by molar-refractivity contribution is 8.14. The molecule has 2 aliphatic rings. The monoisotopic (exact) mass is 418 g/mol. The number of rotatable bonds is 6. The Kier molecular flexibility index (Phi) is 6.15. The van der Waals surface area contributed by atoms with E-state index in [-0.39, 0.29) is 42.5 Å². The molecule has 2 rings (SSSR count). The van der Waals surface area contributed by atoms with E-state index in [2.05, 4.69) is 0 Å². The van der Waals surface area contributed by atoms with Crippen LogP contribution in [0, 0.1) is 0 Å². The van der Waals surface area contributed by atoms with E-state index in [1.165, 1.54) is 35.5 Å². The average molecular weight is 419 g/mol. The minimum absolute atomic E-state index is 0.157. The van der Waals surface area contributed by atoms with E-state index in [1.807, 2.05) is 34.6 Å². The fourth-order valence-electron chi connectivity index (χ4n) is 2.95. The Hall–Kier alpha value is -0.670. The van der Waals surface area contributed by atoms with Gasteiger partial charge in [0.05, 0.1) is 14.6 Å². The Bertz CT molecular complexity index is 648. The number of hydrogen-bond donors (Lipinski definition) is 1. The van der Waals surface area contributed by atoms with Crippen LogP contribution in [-0.4, -0.2) is 65.8 Å². The molecular formula is C17H26N2O4S3. The lowest BCUT2D eigenvalue weighted by Crippen LogP contribution is -2.43. The maximum Gasteiger partial charge on any atom is 0.243 e. The summed E-state index contributed by atoms with van der Waals surface area (Å²) in [7, 11) is 1.50. The average Bonchev–Trinajstić information content (AvgIpc) is 2.89. The van der Waals surface area contributed by atoms with Gasteiger partial charge < -0.3 is 0 Å². The maximum absolute atomic E-state index is 12.6. The van der Waals surface area contributed by atoms with Crippen molar-refractivity contribution in [3.05, 3.63) is 0 Å². The normalized spacial score (nSPS) is 27.1. The van der Waals surface area contributed by atoms with Crippen LogP contribution >= 0.6 is 36.2 Å². The Morgan fingerprint density at radius 2 is 1.46 bits per heavy atom. The van der Waals surface area contributed by atoms with Crippen molar-refractivity contribution >= 4 is 59.8 Å². The van der Waals surface area contributed by atoms with Crippen LogP contribution in [0.5, 0.6) is 0 Å². The molecule has 0 aromatic heterocycles. The zero-order valence-electron chi connectivity index (χ0n) is 15.9. The minimum atomic E-state index is -0.685. The van der Waals surface area contributed by atoms with Crippen LogP contribution in [-0.2, 0) is 19.2 Å². The number of carbonyl (C=O) groups is 4. The Labute approximate surface area is 168 Å². The van der Waals surface area contributed by atoms with Crippen molar-refractivity contribution in [3.63, 3.8) is 0 Å². The molecule has 0 aromatic rings. The van der Waals surface area contributed by atoms with E-state index in [0.29, 0.717) is 0 Å². The van der Waals surface area contributed by atoms with Crippen molar-refractivity contribution in [1.82, 2.24) is 9.80 Å². The van der Waals surface area contributed by atoms with Crippen molar-refractivity contribution in [2.24, 2.45) is 0 Å². The van der Waals surface area contributed by atoms with E-state index in [9.17, 15) is 19.2 Å². The van der Waals surface area contributed by atoms with Gasteiger partial charge in [-0.05, 0) is 34.6 Å². The quantitative estimate of drug-likeness (QED) is 0.405. The van der Waals surface area contributed by atoms with Gasteiger partial charge in [-0.3, -0.25) is 29.0 Å². The summed E-state index contributed by atoms with van der Waals surface area (Å²) in [5.74, 6) is -0.709. The Morgan fingerprint density at radius 3 is 1.88 bits per heavy atom. The Balaban J connectivity index is 2.11. The van der Waals surface area contributed by atoms with Crippen LogP contribution in [0.2, 0.25) is 0 Å². The highest BCUT2D eigenvalue weighted by Crippen LogP contribution is 2.52. The molecule has 2 aliphatic heterocycles. The molecule has 3 atom stereocenters. The fourth-order valence-corrected chi connectivity index (χ4v) is 6.48. The highest BCUT2D eigenvalue weighted by atomic mass is 32.2. The van der Waals surface area contributed by atoms with Gasteiger partial charge in [0, 0.05) is 30.7 Å². The van der Waals surface area contributed by atoms with Crippen LogP contribution in [0.4, 0.5) is 0 Å². The fraction of sp³-hybridized carbons (Fsp3) is 0.765. The summed E-state index contributed by atoms with van der Waals surface area (Å²) < 4.78 is -1.20. The van der Waals surface area contributed by atoms with Crippen LogP contribution in [0.15, 0.2) is 0 Å². The highest BCUT2D eigenvalue weighted by Gasteiger charge is 2.50. The lowest BCUT2D eigenvalue weighted by atomic mass is 10.1. The summed E-state index contributed by atoms with van der Waals surface area (Å²) in [6, 6.07) is -0.160. The molecule has 6 nitrogen and oxygen atoms in total. The number of amides is 4. The number of hydrogen-bond acceptors (Lipinski definition) is 7. The number of thioether (sulfide) groups is 2. The molecule has 0 spiro atoms. The second-order valence-electron chi connectivity index (χ2n) is 7.60. The molecule has 26 heavy (non-hydrogen) atoms. The second kappa shape index (κ2) is 7.39. The molecule has 0 aromatic carbocycles. The molecule has 2 saturated heterocycles. The number of nitrogens with zero attached hydrogens (tertiary/aromatic N) is 2. The van der Waals surface area contributed by atoms with Crippen LogP contribution in [0.1, 0.15) is 47.5 Å². The molecule has 0 aliphatic carbocycles. The molecular weight excluding hydrogens is 392 g/mol. The van der Waals surface area contributed by atoms with Gasteiger partial charge in [-0.1, -0.05) is 0 Å². The third kappa shape index (κ3) is 3.94. The first kappa shape index (κ1) is 21.6. The van der Waals surface area contributed by atoms with Crippen molar-refractivity contribution < 1.29 is 19.2 Å². The zero-order chi connectivity index (χ0) is 20.0. The van der Waals surface area contributed by atoms with E-state index in [4.69, 9.17) is 12.6 Å². The standard InChI is InChI=1S/C17H26N2O4S3/c1-9(2)19-13(21)8-11(15(19)23)26-17(5,24)16(3,4)25-10-7-12(20)18(6)14(10)22/h9-11,24H,7-8H2,1-6H3. The number of carbonyl (C=O) groups excluding carboxylic acids is 4. The number of thiol groups is 1. The number of likely N-dealkylation sites (tertiary alicyclic amines) is 2. The summed E-state index contributed by atoms with van der Waals surface area (Å²) in [6.45, 7) is 9.45. The van der Waals surface area contributed by atoms with Gasteiger partial charge in [0.25, 0.3) is 0 Å². The summed E-state index contributed by atoms with van der Waals surface area (Å²) in [4.78, 5) is 51.2. The molecule has 0 saturated carbocycles. The van der Waals surface area contributed by atoms with Crippen molar-refractivity contribution in [1.29, 1.82) is 0 Å². The lowest BCUT2D eigenvalue weighted by molar-refractivity contribution is -0.140. The van der Waals surface area contributed by atoms with Gasteiger partial charge in [0.15, 0.2) is 0 Å². The van der Waals surface area contributed by atoms with E-state index in [1.54, 1.807) is 0 Å². The van der Waals surface area contributed by atoms with Gasteiger partial charge in [0.1, 0.15) is 0 Å². The molecule has 3 unspecified atom stereocenters. The second-order valence-corrected chi connectivity index (χ2v) is 12.2. The van der Waals surface area contributed by atoms with Crippen molar-refractivity contribution in [2.45, 2.75) is 72.8 Å². The minimum Gasteiger partial charge on any atom is -0.285 e. The predicted octanol–water partition coefficient (Wildman–Crippen LogP) is 2.17. The lowest BCUT2D eigenvalue weighted by Gasteiger charge is -2.41. The third-order valence-corrected chi connectivity index (χ3v) is 9.35. The summed E-state index contributed by atoms with van der Waals surface area (Å²) >= 11 is 7.55. The van der Waals surface area contributed by atoms with Gasteiger partial charge in [0.2, 0.25) is 23.6 Å². The third-order valence-electron chi connectivity index (χ3n) is 4.92. The SMILES string of the molecule is CC(C)N1C(=O)CC(SC(C)(S)C(C)(C)SC2CC(=O)N(C)C2=O)C1=O. The summed E-state index contributed by atoms with van der Waals surface area (Å²) in [5.41, 5.74) is 0. The van der Waals surface area contributed by atoms with E-state index >= 15 is 0 Å². The summed E-state index contributed by atoms with van der Waals surface area (Å²) in [6.07, 6.45) is 0.349. The van der Waals surface area contributed by atoms with Gasteiger partial charge in [-0.25, -0.2) is 0 Å². The first-order valence-electron chi connectivity index (χ1n) is 8.53. The van der Waals surface area contributed by atoms with Crippen molar-refractivity contribution in [2.75, 3.05) is 7.05 Å². The van der Waals surface area contributed by atoms with Crippen LogP contribution in [0.25, 0.3) is 0 Å². The van der Waals surface area contributed by atoms with E-state index in [0.717, 1.165) is 4.90 Å². The Morgan fingerprint density at radius 1 is 0.962 bits per heavy atom. The topological polar surface area (TPSA) is 74.8 Å². The molecule has 9 heteroatoms. The van der Waals surface area contributed by atoms with Crippen LogP contribution in [0.3, 0.4) is 0 Å². The molecule has 0 radical (unpaired) electrons. The largest absolute Gasteiger partial charge is 0.285 e. The smallest absolute Gasteiger partial charge is 0.243 e. The first-order chi connectivity index (χ1) is 11.8.